The van der Waals surface area contributed by atoms with Gasteiger partial charge in [-0.2, -0.15) is 0 Å². The quantitative estimate of drug-likeness (QED) is 0.724. The second-order valence-corrected chi connectivity index (χ2v) is 8.84. The third-order valence-electron chi connectivity index (χ3n) is 5.85. The molecule has 25 heavy (non-hydrogen) atoms. The van der Waals surface area contributed by atoms with E-state index in [1.54, 1.807) is 0 Å². The standard InChI is InChI=1S/C22H35NO.ClH/c1-22(2,3)19-9-10-21(24-16-17-7-5-4-6-8-17)20(15-19)18-11-13-23-14-12-18;/h9-10,15,17-18,23H,4-8,11-14,16H2,1-3H3;1H. The molecule has 2 aliphatic rings. The van der Waals surface area contributed by atoms with Crippen molar-refractivity contribution in [3.05, 3.63) is 29.3 Å². The molecule has 0 atom stereocenters. The van der Waals surface area contributed by atoms with Gasteiger partial charge in [-0.25, -0.2) is 0 Å². The van der Waals surface area contributed by atoms with Gasteiger partial charge in [0.05, 0.1) is 6.61 Å². The highest BCUT2D eigenvalue weighted by atomic mass is 35.5. The number of nitrogens with one attached hydrogen (secondary N) is 1. The van der Waals surface area contributed by atoms with Crippen molar-refractivity contribution in [1.82, 2.24) is 5.32 Å². The predicted molar refractivity (Wildman–Crippen MR) is 109 cm³/mol. The fourth-order valence-corrected chi connectivity index (χ4v) is 4.16. The summed E-state index contributed by atoms with van der Waals surface area (Å²) in [5.41, 5.74) is 3.09. The lowest BCUT2D eigenvalue weighted by molar-refractivity contribution is 0.206. The first-order valence-corrected chi connectivity index (χ1v) is 10.0. The minimum Gasteiger partial charge on any atom is -0.493 e. The van der Waals surface area contributed by atoms with E-state index in [2.05, 4.69) is 44.3 Å². The average Bonchev–Trinajstić information content (AvgIpc) is 2.61. The molecule has 1 N–H and O–H groups in total. The first kappa shape index (κ1) is 20.6. The Hall–Kier alpha value is -0.730. The predicted octanol–water partition coefficient (Wildman–Crippen LogP) is 5.83. The highest BCUT2D eigenvalue weighted by Gasteiger charge is 2.23. The first-order valence-electron chi connectivity index (χ1n) is 10.0. The van der Waals surface area contributed by atoms with Crippen LogP contribution >= 0.6 is 12.4 Å². The maximum atomic E-state index is 6.38. The average molecular weight is 366 g/mol. The molecular formula is C22H36ClNO. The van der Waals surface area contributed by atoms with E-state index in [4.69, 9.17) is 4.74 Å². The summed E-state index contributed by atoms with van der Waals surface area (Å²) >= 11 is 0. The van der Waals surface area contributed by atoms with Crippen molar-refractivity contribution in [3.8, 4) is 5.75 Å². The molecule has 1 heterocycles. The first-order chi connectivity index (χ1) is 11.5. The summed E-state index contributed by atoms with van der Waals surface area (Å²) in [5, 5.41) is 3.49. The smallest absolute Gasteiger partial charge is 0.122 e. The lowest BCUT2D eigenvalue weighted by Gasteiger charge is -2.29. The van der Waals surface area contributed by atoms with Crippen LogP contribution in [0.3, 0.4) is 0 Å². The summed E-state index contributed by atoms with van der Waals surface area (Å²) < 4.78 is 6.38. The van der Waals surface area contributed by atoms with Gasteiger partial charge in [0.25, 0.3) is 0 Å². The second kappa shape index (κ2) is 9.28. The number of halogens is 1. The molecule has 1 saturated heterocycles. The van der Waals surface area contributed by atoms with Crippen LogP contribution < -0.4 is 10.1 Å². The topological polar surface area (TPSA) is 21.3 Å². The van der Waals surface area contributed by atoms with E-state index in [1.807, 2.05) is 0 Å². The summed E-state index contributed by atoms with van der Waals surface area (Å²) in [5.74, 6) is 2.57. The van der Waals surface area contributed by atoms with Crippen molar-refractivity contribution in [2.75, 3.05) is 19.7 Å². The number of hydrogen-bond acceptors (Lipinski definition) is 2. The van der Waals surface area contributed by atoms with Crippen molar-refractivity contribution in [2.45, 2.75) is 77.0 Å². The Kier molecular flexibility index (Phi) is 7.64. The maximum absolute atomic E-state index is 6.38. The number of benzene rings is 1. The molecule has 0 spiro atoms. The van der Waals surface area contributed by atoms with E-state index in [1.165, 1.54) is 56.1 Å². The van der Waals surface area contributed by atoms with E-state index in [-0.39, 0.29) is 17.8 Å². The summed E-state index contributed by atoms with van der Waals surface area (Å²) in [6, 6.07) is 6.97. The molecule has 1 aromatic rings. The summed E-state index contributed by atoms with van der Waals surface area (Å²) in [6.07, 6.45) is 9.35. The Bertz CT molecular complexity index is 525. The fraction of sp³-hybridized carbons (Fsp3) is 0.727. The Morgan fingerprint density at radius 3 is 2.32 bits per heavy atom. The number of piperidine rings is 1. The fourth-order valence-electron chi connectivity index (χ4n) is 4.16. The van der Waals surface area contributed by atoms with Gasteiger partial charge >= 0.3 is 0 Å². The Balaban J connectivity index is 0.00000225. The van der Waals surface area contributed by atoms with E-state index in [0.717, 1.165) is 31.4 Å². The van der Waals surface area contributed by atoms with Gasteiger partial charge < -0.3 is 10.1 Å². The molecule has 1 aliphatic heterocycles. The van der Waals surface area contributed by atoms with E-state index in [9.17, 15) is 0 Å². The van der Waals surface area contributed by atoms with Crippen molar-refractivity contribution in [1.29, 1.82) is 0 Å². The zero-order valence-corrected chi connectivity index (χ0v) is 17.1. The van der Waals surface area contributed by atoms with Crippen molar-refractivity contribution in [3.63, 3.8) is 0 Å². The second-order valence-electron chi connectivity index (χ2n) is 8.84. The van der Waals surface area contributed by atoms with Crippen LogP contribution in [0.1, 0.15) is 82.8 Å². The summed E-state index contributed by atoms with van der Waals surface area (Å²) in [6.45, 7) is 10.1. The van der Waals surface area contributed by atoms with Crippen LogP contribution in [0.5, 0.6) is 5.75 Å². The van der Waals surface area contributed by atoms with Gasteiger partial charge in [-0.05, 0) is 73.2 Å². The van der Waals surface area contributed by atoms with E-state index < -0.39 is 0 Å². The monoisotopic (exact) mass is 365 g/mol. The molecule has 2 fully saturated rings. The van der Waals surface area contributed by atoms with Gasteiger partial charge in [0.1, 0.15) is 5.75 Å². The number of hydrogen-bond donors (Lipinski definition) is 1. The highest BCUT2D eigenvalue weighted by molar-refractivity contribution is 5.85. The van der Waals surface area contributed by atoms with Crippen LogP contribution in [-0.4, -0.2) is 19.7 Å². The van der Waals surface area contributed by atoms with Gasteiger partial charge in [0.15, 0.2) is 0 Å². The molecular weight excluding hydrogens is 330 g/mol. The molecule has 1 aliphatic carbocycles. The number of rotatable bonds is 4. The zero-order valence-electron chi connectivity index (χ0n) is 16.3. The van der Waals surface area contributed by atoms with Gasteiger partial charge in [-0.15, -0.1) is 12.4 Å². The van der Waals surface area contributed by atoms with Gasteiger partial charge in [-0.3, -0.25) is 0 Å². The molecule has 3 rings (SSSR count). The third kappa shape index (κ3) is 5.62. The summed E-state index contributed by atoms with van der Waals surface area (Å²) in [4.78, 5) is 0. The largest absolute Gasteiger partial charge is 0.493 e. The van der Waals surface area contributed by atoms with Gasteiger partial charge in [0, 0.05) is 0 Å². The lowest BCUT2D eigenvalue weighted by Crippen LogP contribution is -2.27. The van der Waals surface area contributed by atoms with Crippen LogP contribution in [0.2, 0.25) is 0 Å². The molecule has 0 radical (unpaired) electrons. The van der Waals surface area contributed by atoms with Crippen LogP contribution in [0.4, 0.5) is 0 Å². The maximum Gasteiger partial charge on any atom is 0.122 e. The lowest BCUT2D eigenvalue weighted by atomic mass is 9.82. The molecule has 0 aromatic heterocycles. The van der Waals surface area contributed by atoms with Gasteiger partial charge in [-0.1, -0.05) is 52.2 Å². The van der Waals surface area contributed by atoms with Crippen molar-refractivity contribution < 1.29 is 4.74 Å². The summed E-state index contributed by atoms with van der Waals surface area (Å²) in [7, 11) is 0. The normalized spacial score (nSPS) is 20.1. The number of ether oxygens (including phenoxy) is 1. The molecule has 0 bridgehead atoms. The minimum atomic E-state index is 0. The highest BCUT2D eigenvalue weighted by Crippen LogP contribution is 2.37. The van der Waals surface area contributed by atoms with Crippen molar-refractivity contribution in [2.24, 2.45) is 5.92 Å². The van der Waals surface area contributed by atoms with E-state index in [0.29, 0.717) is 5.92 Å². The van der Waals surface area contributed by atoms with Crippen molar-refractivity contribution >= 4 is 12.4 Å². The van der Waals surface area contributed by atoms with Crippen LogP contribution in [0.15, 0.2) is 18.2 Å². The molecule has 2 nitrogen and oxygen atoms in total. The van der Waals surface area contributed by atoms with Crippen LogP contribution in [0, 0.1) is 5.92 Å². The Morgan fingerprint density at radius 2 is 1.68 bits per heavy atom. The Labute approximate surface area is 160 Å². The SMILES string of the molecule is CC(C)(C)c1ccc(OCC2CCCCC2)c(C2CCNCC2)c1.Cl. The minimum absolute atomic E-state index is 0. The van der Waals surface area contributed by atoms with Gasteiger partial charge in [0.2, 0.25) is 0 Å². The molecule has 1 aromatic carbocycles. The van der Waals surface area contributed by atoms with E-state index >= 15 is 0 Å². The molecule has 0 unspecified atom stereocenters. The molecule has 1 saturated carbocycles. The Morgan fingerprint density at radius 1 is 1.00 bits per heavy atom. The van der Waals surface area contributed by atoms with Crippen LogP contribution in [0.25, 0.3) is 0 Å². The van der Waals surface area contributed by atoms with Crippen LogP contribution in [-0.2, 0) is 5.41 Å². The molecule has 3 heteroatoms. The zero-order chi connectivity index (χ0) is 17.0. The molecule has 142 valence electrons. The molecule has 0 amide bonds. The third-order valence-corrected chi connectivity index (χ3v) is 5.85.